The molecule has 0 amide bonds. The van der Waals surface area contributed by atoms with Gasteiger partial charge < -0.3 is 18.9 Å². The van der Waals surface area contributed by atoms with Crippen molar-refractivity contribution in [2.24, 2.45) is 0 Å². The zero-order valence-corrected chi connectivity index (χ0v) is 56.7. The first-order valence-electron chi connectivity index (χ1n) is 65.2. The van der Waals surface area contributed by atoms with Crippen LogP contribution in [0.3, 0.4) is 0 Å². The van der Waals surface area contributed by atoms with Gasteiger partial charge in [0.1, 0.15) is 0 Å². The summed E-state index contributed by atoms with van der Waals surface area (Å²) >= 11 is 0. The molecule has 0 aliphatic heterocycles. The van der Waals surface area contributed by atoms with Crippen LogP contribution in [0.15, 0.2) is 460 Å². The zero-order valence-electron chi connectivity index (χ0n) is 121. The van der Waals surface area contributed by atoms with Crippen molar-refractivity contribution < 1.29 is 87.7 Å². The molecule has 0 spiro atoms. The van der Waals surface area contributed by atoms with E-state index in [0.717, 1.165) is 16.6 Å². The summed E-state index contributed by atoms with van der Waals surface area (Å²) in [5.41, 5.74) is -19.9. The second kappa shape index (κ2) is 30.4. The quantitative estimate of drug-likeness (QED) is 0.0959. The van der Waals surface area contributed by atoms with Crippen molar-refractivity contribution in [3.8, 4) is 100 Å². The van der Waals surface area contributed by atoms with Crippen LogP contribution in [0.2, 0.25) is 0 Å². The van der Waals surface area contributed by atoms with Crippen LogP contribution < -0.4 is 9.80 Å². The molecule has 0 N–H and O–H groups in total. The summed E-state index contributed by atoms with van der Waals surface area (Å²) < 4.78 is 578. The first kappa shape index (κ1) is 28.0. The molecule has 528 valence electrons. The second-order valence-corrected chi connectivity index (χ2v) is 23.4. The molecular weight excluding hydrogens is 1350 g/mol. The standard InChI is InChI=1S/2C54H38N2/c2*1-4-13-39(14-5-1)41-23-25-42(26-24-41)44-29-34-49(35-30-44)55(48-32-27-43(28-33-48)40-15-6-2-7-16-40)50-20-12-17-45(37-50)46-31-36-54-52(38-46)51-21-10-11-22-53(51)56(54)47-18-8-3-9-19-47/h2*1-38H/i1D,2D,3D,4D,5D,6D,7D,8D,9D,10D,11D,12D,13D,14D,15D,16D,17D,18D,19D,20D,21D,22D,23D,24D,25D,26D,27D,28D,29D,30D,31D,32D,33D,34D,35D,36D,37D,38D;1D,2D,4D,5D,6D,7D,12D,13D,14D,15D,16D,17D,20D,23D,24D,25D,26D,27D,28D,29D,30D,32D,33D,34D,35D,37D. The van der Waals surface area contributed by atoms with Crippen LogP contribution >= 0.6 is 0 Å². The van der Waals surface area contributed by atoms with Crippen molar-refractivity contribution in [3.63, 3.8) is 0 Å². The number of hydrogen-bond acceptors (Lipinski definition) is 2. The molecule has 20 rings (SSSR count). The monoisotopic (exact) mass is 1490 g/mol. The average Bonchev–Trinajstić information content (AvgIpc) is 1.54. The fraction of sp³-hybridized carbons (Fsp3) is 0. The van der Waals surface area contributed by atoms with Gasteiger partial charge >= 0.3 is 0 Å². The van der Waals surface area contributed by atoms with Gasteiger partial charge in [-0.3, -0.25) is 0 Å². The molecule has 0 radical (unpaired) electrons. The predicted molar refractivity (Wildman–Crippen MR) is 474 cm³/mol. The van der Waals surface area contributed by atoms with Crippen molar-refractivity contribution in [3.05, 3.63) is 460 Å². The maximum atomic E-state index is 10.0. The van der Waals surface area contributed by atoms with Crippen LogP contribution in [0.25, 0.3) is 144 Å². The average molecular weight is 1490 g/mol. The molecule has 0 bridgehead atoms. The second-order valence-electron chi connectivity index (χ2n) is 23.4. The van der Waals surface area contributed by atoms with E-state index in [4.69, 9.17) is 50.7 Å². The largest absolute Gasteiger partial charge is 0.310 e. The number of para-hydroxylation sites is 4. The summed E-state index contributed by atoms with van der Waals surface area (Å²) in [5.74, 6) is 0. The lowest BCUT2D eigenvalue weighted by molar-refractivity contribution is 1.18. The van der Waals surface area contributed by atoms with Gasteiger partial charge in [-0.05, 0) is 222 Å². The molecule has 112 heavy (non-hydrogen) atoms. The first-order chi connectivity index (χ1) is 82.2. The van der Waals surface area contributed by atoms with Crippen LogP contribution in [0.1, 0.15) is 87.7 Å². The van der Waals surface area contributed by atoms with Crippen LogP contribution in [-0.2, 0) is 0 Å². The lowest BCUT2D eigenvalue weighted by Gasteiger charge is -2.26. The Morgan fingerprint density at radius 2 is 0.491 bits per heavy atom. The Bertz CT molecular complexity index is 10500. The number of nitrogens with zero attached hydrogens (tertiary/aromatic N) is 4. The third-order valence-corrected chi connectivity index (χ3v) is 16.9. The first-order valence-corrected chi connectivity index (χ1v) is 33.2. The van der Waals surface area contributed by atoms with E-state index in [-0.39, 0.29) is 16.0 Å². The molecule has 18 aromatic carbocycles. The highest BCUT2D eigenvalue weighted by atomic mass is 15.1. The van der Waals surface area contributed by atoms with Gasteiger partial charge in [-0.2, -0.15) is 0 Å². The molecule has 4 nitrogen and oxygen atoms in total. The van der Waals surface area contributed by atoms with E-state index in [1.165, 1.54) is 0 Å². The van der Waals surface area contributed by atoms with Crippen LogP contribution in [0, 0.1) is 0 Å². The number of rotatable bonds is 16. The summed E-state index contributed by atoms with van der Waals surface area (Å²) in [7, 11) is 0. The molecule has 0 saturated heterocycles. The summed E-state index contributed by atoms with van der Waals surface area (Å²) in [4.78, 5) is 0.687. The number of aromatic nitrogens is 2. The van der Waals surface area contributed by atoms with E-state index in [2.05, 4.69) is 0 Å². The van der Waals surface area contributed by atoms with Gasteiger partial charge in [0.15, 0.2) is 0 Å². The molecule has 2 heterocycles. The minimum absolute atomic E-state index is 0.106. The Morgan fingerprint density at radius 1 is 0.170 bits per heavy atom. The van der Waals surface area contributed by atoms with Crippen molar-refractivity contribution in [1.29, 1.82) is 0 Å². The minimum Gasteiger partial charge on any atom is -0.310 e. The van der Waals surface area contributed by atoms with Crippen molar-refractivity contribution in [2.75, 3.05) is 9.80 Å². The van der Waals surface area contributed by atoms with Crippen molar-refractivity contribution >= 4 is 77.7 Å². The van der Waals surface area contributed by atoms with E-state index in [0.29, 0.717) is 20.4 Å². The highest BCUT2D eigenvalue weighted by Crippen LogP contribution is 2.44. The van der Waals surface area contributed by atoms with Crippen LogP contribution in [-0.4, -0.2) is 9.13 Å². The normalized spacial score (nSPS) is 19.2. The van der Waals surface area contributed by atoms with Gasteiger partial charge in [0.05, 0.1) is 110 Å². The smallest absolute Gasteiger partial charge is 0.0651 e. The van der Waals surface area contributed by atoms with E-state index < -0.39 is 526 Å². The lowest BCUT2D eigenvalue weighted by atomic mass is 9.99. The third kappa shape index (κ3) is 13.6. The molecule has 20 aromatic rings. The van der Waals surface area contributed by atoms with Crippen LogP contribution in [0.4, 0.5) is 34.1 Å². The Morgan fingerprint density at radius 3 is 0.938 bits per heavy atom. The Hall–Kier alpha value is -14.8. The van der Waals surface area contributed by atoms with Gasteiger partial charge in [0, 0.05) is 67.0 Å². The van der Waals surface area contributed by atoms with E-state index in [9.17, 15) is 37.0 Å². The number of hydrogen-bond donors (Lipinski definition) is 0. The maximum Gasteiger partial charge on any atom is 0.0651 e. The highest BCUT2D eigenvalue weighted by molar-refractivity contribution is 6.12. The van der Waals surface area contributed by atoms with Crippen molar-refractivity contribution in [1.82, 2.24) is 9.13 Å². The summed E-state index contributed by atoms with van der Waals surface area (Å²) in [6.45, 7) is 0. The number of fused-ring (bicyclic) bond motifs is 6. The highest BCUT2D eigenvalue weighted by Gasteiger charge is 2.21. The Labute approximate surface area is 743 Å². The van der Waals surface area contributed by atoms with Gasteiger partial charge in [-0.25, -0.2) is 0 Å². The number of anilines is 6. The fourth-order valence-electron chi connectivity index (χ4n) is 11.8. The molecule has 0 unspecified atom stereocenters. The third-order valence-electron chi connectivity index (χ3n) is 16.9. The molecule has 4 heteroatoms. The predicted octanol–water partition coefficient (Wildman–Crippen LogP) is 29.8. The fourth-order valence-corrected chi connectivity index (χ4v) is 11.8. The minimum atomic E-state index is -1.43. The molecular formula is C108H76N4. The number of benzene rings is 18. The van der Waals surface area contributed by atoms with Gasteiger partial charge in [0.2, 0.25) is 0 Å². The van der Waals surface area contributed by atoms with Gasteiger partial charge in [-0.1, -0.05) is 326 Å². The molecule has 0 saturated carbocycles. The molecule has 0 fully saturated rings. The summed E-state index contributed by atoms with van der Waals surface area (Å²) in [6.07, 6.45) is 0. The van der Waals surface area contributed by atoms with E-state index in [1.54, 1.807) is 24.3 Å². The van der Waals surface area contributed by atoms with Gasteiger partial charge in [0.25, 0.3) is 0 Å². The summed E-state index contributed by atoms with van der Waals surface area (Å²) in [5, 5.41) is -0.141. The van der Waals surface area contributed by atoms with E-state index in [1.807, 2.05) is 53.1 Å². The molecule has 0 atom stereocenters. The van der Waals surface area contributed by atoms with Gasteiger partial charge in [-0.15, -0.1) is 0 Å². The molecule has 0 aliphatic rings. The Balaban J connectivity index is 0.000000216. The van der Waals surface area contributed by atoms with E-state index >= 15 is 0 Å². The topological polar surface area (TPSA) is 16.3 Å². The zero-order chi connectivity index (χ0) is 130. The Kier molecular flexibility index (Phi) is 7.60. The molecule has 0 aliphatic carbocycles. The molecule has 2 aromatic heterocycles. The SMILES string of the molecule is [2H]c1c([2H])c([2H])c(-c2c([2H])c([2H])c(-c3c([2H])c([2H])c(N(c4c([2H])c([2H])c(-c5c([2H])c([2H])c([2H])c([2H])c5[2H])c([2H])c4[2H])c4c([2H])c([2H])c([2H])c(-c5c([2H])c([2H])c6c(c5[2H])c5c([2H])c([2H])c([2H])c([2H])c5n6-c5c([2H])c([2H])c([2H])c([2H])c5[2H])c4[2H])c([2H])c3[2H])c([2H])c2[2H])c([2H])c1[2H].[2H]c1c([2H])c([2H])c(-c2c([2H])c([2H])c(-c3c([2H])c([2H])c(N(c4c([2H])c([2H])c(-c5c([2H])c([2H])c([2H])c([2H])c5[2H])c([2H])c4[2H])c4c([2H])c([2H])c([2H])c(-c5ccc6c(c5)c5ccccc5n6-c5ccccc5)c4[2H])c([2H])c3[2H])c([2H])c2[2H])c([2H])c1[2H]. The van der Waals surface area contributed by atoms with Crippen molar-refractivity contribution in [2.45, 2.75) is 0 Å². The maximum absolute atomic E-state index is 10.0. The lowest BCUT2D eigenvalue weighted by Crippen LogP contribution is -2.10. The van der Waals surface area contributed by atoms with Crippen LogP contribution in [0.5, 0.6) is 0 Å². The summed E-state index contributed by atoms with van der Waals surface area (Å²) in [6, 6.07) is -46.8.